The molecule has 0 aliphatic heterocycles. The molecule has 0 radical (unpaired) electrons. The van der Waals surface area contributed by atoms with Crippen LogP contribution in [0.4, 0.5) is 5.69 Å². The predicted octanol–water partition coefficient (Wildman–Crippen LogP) is 2.02. The van der Waals surface area contributed by atoms with Gasteiger partial charge in [-0.05, 0) is 30.7 Å². The number of hydrogen-bond acceptors (Lipinski definition) is 5. The molecule has 2 rings (SSSR count). The molecule has 7 heteroatoms. The van der Waals surface area contributed by atoms with Gasteiger partial charge < -0.3 is 10.1 Å². The van der Waals surface area contributed by atoms with Crippen LogP contribution in [0, 0.1) is 0 Å². The van der Waals surface area contributed by atoms with Gasteiger partial charge in [0.2, 0.25) is 0 Å². The van der Waals surface area contributed by atoms with Crippen molar-refractivity contribution in [2.75, 3.05) is 11.9 Å². The lowest BCUT2D eigenvalue weighted by Crippen LogP contribution is -2.12. The Kier molecular flexibility index (Phi) is 5.24. The molecule has 7 nitrogen and oxygen atoms in total. The topological polar surface area (TPSA) is 86.1 Å². The number of nitrogens with one attached hydrogen (secondary N) is 1. The van der Waals surface area contributed by atoms with E-state index in [0.717, 1.165) is 12.8 Å². The largest absolute Gasteiger partial charge is 0.462 e. The molecular weight excluding hydrogens is 284 g/mol. The van der Waals surface area contributed by atoms with Gasteiger partial charge in [0.1, 0.15) is 0 Å². The summed E-state index contributed by atoms with van der Waals surface area (Å²) in [5.41, 5.74) is 1.25. The summed E-state index contributed by atoms with van der Waals surface area (Å²) in [5, 5.41) is 10.1. The average molecular weight is 302 g/mol. The van der Waals surface area contributed by atoms with Crippen LogP contribution in [0.3, 0.4) is 0 Å². The molecule has 0 saturated heterocycles. The summed E-state index contributed by atoms with van der Waals surface area (Å²) in [5.74, 6) is -0.716. The maximum absolute atomic E-state index is 11.9. The molecule has 0 bridgehead atoms. The van der Waals surface area contributed by atoms with Crippen LogP contribution in [-0.4, -0.2) is 33.5 Å². The van der Waals surface area contributed by atoms with E-state index in [2.05, 4.69) is 15.6 Å². The minimum atomic E-state index is -0.361. The van der Waals surface area contributed by atoms with Crippen LogP contribution in [0.1, 0.15) is 40.6 Å². The number of anilines is 1. The second kappa shape index (κ2) is 7.35. The van der Waals surface area contributed by atoms with Crippen molar-refractivity contribution in [3.05, 3.63) is 41.7 Å². The van der Waals surface area contributed by atoms with Crippen molar-refractivity contribution in [3.8, 4) is 0 Å². The Hall–Kier alpha value is -2.70. The van der Waals surface area contributed by atoms with Crippen molar-refractivity contribution >= 4 is 17.6 Å². The number of carbonyl (C=O) groups is 2. The second-order valence-corrected chi connectivity index (χ2v) is 4.80. The van der Waals surface area contributed by atoms with E-state index < -0.39 is 0 Å². The third-order valence-electron chi connectivity index (χ3n) is 2.94. The van der Waals surface area contributed by atoms with Gasteiger partial charge in [-0.1, -0.05) is 18.6 Å². The molecule has 1 aromatic heterocycles. The van der Waals surface area contributed by atoms with Gasteiger partial charge in [-0.3, -0.25) is 9.48 Å². The molecule has 1 N–H and O–H groups in total. The predicted molar refractivity (Wildman–Crippen MR) is 80.6 cm³/mol. The van der Waals surface area contributed by atoms with Gasteiger partial charge in [-0.15, -0.1) is 5.10 Å². The lowest BCUT2D eigenvalue weighted by molar-refractivity contribution is 0.0499. The van der Waals surface area contributed by atoms with Crippen LogP contribution in [-0.2, 0) is 11.8 Å². The van der Waals surface area contributed by atoms with Crippen molar-refractivity contribution in [1.29, 1.82) is 0 Å². The summed E-state index contributed by atoms with van der Waals surface area (Å²) in [6.45, 7) is 2.45. The SMILES string of the molecule is CCCCOC(=O)c1ccc(NC(=O)c2cn(C)nn2)cc1. The molecule has 0 aliphatic rings. The van der Waals surface area contributed by atoms with Crippen LogP contribution in [0.2, 0.25) is 0 Å². The maximum Gasteiger partial charge on any atom is 0.338 e. The molecule has 0 saturated carbocycles. The number of carbonyl (C=O) groups excluding carboxylic acids is 2. The highest BCUT2D eigenvalue weighted by molar-refractivity contribution is 6.02. The fraction of sp³-hybridized carbons (Fsp3) is 0.333. The molecule has 0 aliphatic carbocycles. The standard InChI is InChI=1S/C15H18N4O3/c1-3-4-9-22-15(21)11-5-7-12(8-6-11)16-14(20)13-10-19(2)18-17-13/h5-8,10H,3-4,9H2,1-2H3,(H,16,20). The maximum atomic E-state index is 11.9. The lowest BCUT2D eigenvalue weighted by Gasteiger charge is -2.06. The van der Waals surface area contributed by atoms with E-state index >= 15 is 0 Å². The minimum absolute atomic E-state index is 0.227. The van der Waals surface area contributed by atoms with Gasteiger partial charge >= 0.3 is 5.97 Å². The van der Waals surface area contributed by atoms with Crippen LogP contribution in [0.25, 0.3) is 0 Å². The van der Waals surface area contributed by atoms with E-state index in [9.17, 15) is 9.59 Å². The van der Waals surface area contributed by atoms with Gasteiger partial charge in [0.15, 0.2) is 5.69 Å². The fourth-order valence-electron chi connectivity index (χ4n) is 1.73. The number of aromatic nitrogens is 3. The van der Waals surface area contributed by atoms with Crippen molar-refractivity contribution < 1.29 is 14.3 Å². The highest BCUT2D eigenvalue weighted by atomic mass is 16.5. The van der Waals surface area contributed by atoms with E-state index in [1.54, 1.807) is 31.3 Å². The van der Waals surface area contributed by atoms with Gasteiger partial charge in [0, 0.05) is 12.7 Å². The smallest absolute Gasteiger partial charge is 0.338 e. The van der Waals surface area contributed by atoms with Gasteiger partial charge in [0.05, 0.1) is 18.4 Å². The van der Waals surface area contributed by atoms with Crippen molar-refractivity contribution in [2.24, 2.45) is 7.05 Å². The normalized spacial score (nSPS) is 10.3. The van der Waals surface area contributed by atoms with Gasteiger partial charge in [-0.25, -0.2) is 4.79 Å². The molecule has 1 aromatic carbocycles. The first-order valence-electron chi connectivity index (χ1n) is 7.05. The number of aryl methyl sites for hydroxylation is 1. The quantitative estimate of drug-likeness (QED) is 0.651. The number of amides is 1. The summed E-state index contributed by atoms with van der Waals surface area (Å²) in [4.78, 5) is 23.6. The molecule has 0 spiro atoms. The number of nitrogens with zero attached hydrogens (tertiary/aromatic N) is 3. The first kappa shape index (κ1) is 15.7. The van der Waals surface area contributed by atoms with Crippen molar-refractivity contribution in [3.63, 3.8) is 0 Å². The molecule has 0 atom stereocenters. The third-order valence-corrected chi connectivity index (χ3v) is 2.94. The highest BCUT2D eigenvalue weighted by Gasteiger charge is 2.11. The van der Waals surface area contributed by atoms with Crippen molar-refractivity contribution in [1.82, 2.24) is 15.0 Å². The third kappa shape index (κ3) is 4.15. The Morgan fingerprint density at radius 1 is 1.27 bits per heavy atom. The zero-order valence-corrected chi connectivity index (χ0v) is 12.6. The number of hydrogen-bond donors (Lipinski definition) is 1. The summed E-state index contributed by atoms with van der Waals surface area (Å²) in [6, 6.07) is 6.51. The van der Waals surface area contributed by atoms with Crippen LogP contribution in [0.15, 0.2) is 30.5 Å². The molecule has 0 fully saturated rings. The average Bonchev–Trinajstić information content (AvgIpc) is 2.95. The van der Waals surface area contributed by atoms with Gasteiger partial charge in [-0.2, -0.15) is 0 Å². The fourth-order valence-corrected chi connectivity index (χ4v) is 1.73. The minimum Gasteiger partial charge on any atom is -0.462 e. The molecule has 0 unspecified atom stereocenters. The number of ether oxygens (including phenoxy) is 1. The zero-order chi connectivity index (χ0) is 15.9. The summed E-state index contributed by atoms with van der Waals surface area (Å²) in [6.07, 6.45) is 3.34. The molecular formula is C15H18N4O3. The van der Waals surface area contributed by atoms with Crippen molar-refractivity contribution in [2.45, 2.75) is 19.8 Å². The first-order valence-corrected chi connectivity index (χ1v) is 7.05. The summed E-state index contributed by atoms with van der Waals surface area (Å²) >= 11 is 0. The Bertz CT molecular complexity index is 649. The highest BCUT2D eigenvalue weighted by Crippen LogP contribution is 2.12. The molecule has 116 valence electrons. The van der Waals surface area contributed by atoms with Gasteiger partial charge in [0.25, 0.3) is 5.91 Å². The van der Waals surface area contributed by atoms with E-state index in [-0.39, 0.29) is 17.6 Å². The van der Waals surface area contributed by atoms with E-state index in [1.165, 1.54) is 10.9 Å². The first-order chi connectivity index (χ1) is 10.6. The lowest BCUT2D eigenvalue weighted by atomic mass is 10.2. The Balaban J connectivity index is 1.94. The molecule has 1 heterocycles. The van der Waals surface area contributed by atoms with Crippen LogP contribution in [0.5, 0.6) is 0 Å². The zero-order valence-electron chi connectivity index (χ0n) is 12.6. The molecule has 2 aromatic rings. The molecule has 1 amide bonds. The Morgan fingerprint density at radius 3 is 2.59 bits per heavy atom. The molecule has 22 heavy (non-hydrogen) atoms. The Labute approximate surface area is 128 Å². The van der Waals surface area contributed by atoms with E-state index in [4.69, 9.17) is 4.74 Å². The monoisotopic (exact) mass is 302 g/mol. The van der Waals surface area contributed by atoms with E-state index in [1.807, 2.05) is 6.92 Å². The van der Waals surface area contributed by atoms with Crippen LogP contribution >= 0.6 is 0 Å². The number of unbranched alkanes of at least 4 members (excludes halogenated alkanes) is 1. The summed E-state index contributed by atoms with van der Waals surface area (Å²) in [7, 11) is 1.68. The van der Waals surface area contributed by atoms with E-state index in [0.29, 0.717) is 17.9 Å². The van der Waals surface area contributed by atoms with Crippen LogP contribution < -0.4 is 5.32 Å². The number of benzene rings is 1. The second-order valence-electron chi connectivity index (χ2n) is 4.80. The Morgan fingerprint density at radius 2 is 2.00 bits per heavy atom. The number of rotatable bonds is 6. The summed E-state index contributed by atoms with van der Waals surface area (Å²) < 4.78 is 6.56. The number of esters is 1.